The molecule has 4 aromatic carbocycles. The SMILES string of the molecule is COc1cccc2c1C(=O)c1c(O)c3c(c(O)c1C2=O)C[C@@](O)(C(=O)COC(=O)c1ccc(Oc2no[n+]([O-])c2S(=O)(=O)c2ccccc2)cc1)C[C@@H]3O[C@H]1C[C@H](N)[C@H](O)[C@H](C)O1.Cl. The number of sulfone groups is 1. The van der Waals surface area contributed by atoms with Crippen LogP contribution in [0.2, 0.25) is 0 Å². The molecular formula is C42H38ClN3O17S. The summed E-state index contributed by atoms with van der Waals surface area (Å²) >= 11 is 0. The molecule has 6 N–H and O–H groups in total. The van der Waals surface area contributed by atoms with E-state index >= 15 is 0 Å². The van der Waals surface area contributed by atoms with Crippen LogP contribution in [0.4, 0.5) is 0 Å². The lowest BCUT2D eigenvalue weighted by atomic mass is 9.72. The van der Waals surface area contributed by atoms with Crippen molar-refractivity contribution in [3.63, 3.8) is 0 Å². The fourth-order valence-electron chi connectivity index (χ4n) is 7.94. The van der Waals surface area contributed by atoms with E-state index < -0.39 is 122 Å². The highest BCUT2D eigenvalue weighted by Crippen LogP contribution is 2.52. The van der Waals surface area contributed by atoms with Gasteiger partial charge in [0.05, 0.1) is 57.7 Å². The summed E-state index contributed by atoms with van der Waals surface area (Å²) in [5.41, 5.74) is 1.54. The van der Waals surface area contributed by atoms with Crippen molar-refractivity contribution >= 4 is 45.6 Å². The average molecular weight is 924 g/mol. The van der Waals surface area contributed by atoms with Gasteiger partial charge in [-0.2, -0.15) is 0 Å². The second-order valence-corrected chi connectivity index (χ2v) is 16.9. The molecule has 20 nitrogen and oxygen atoms in total. The number of halogens is 1. The minimum Gasteiger partial charge on any atom is -0.507 e. The molecule has 64 heavy (non-hydrogen) atoms. The number of benzene rings is 4. The number of carbonyl (C=O) groups is 4. The van der Waals surface area contributed by atoms with Crippen molar-refractivity contribution < 1.29 is 81.2 Å². The summed E-state index contributed by atoms with van der Waals surface area (Å²) < 4.78 is 58.8. The first-order valence-corrected chi connectivity index (χ1v) is 20.7. The number of ether oxygens (including phenoxy) is 5. The quantitative estimate of drug-likeness (QED) is 0.0708. The number of aliphatic hydroxyl groups is 2. The van der Waals surface area contributed by atoms with Crippen molar-refractivity contribution in [3.8, 4) is 28.9 Å². The van der Waals surface area contributed by atoms with Crippen molar-refractivity contribution in [3.05, 3.63) is 117 Å². The number of phenols is 2. The Morgan fingerprint density at radius 2 is 1.67 bits per heavy atom. The summed E-state index contributed by atoms with van der Waals surface area (Å²) in [5, 5.41) is 60.8. The van der Waals surface area contributed by atoms with Gasteiger partial charge in [-0.1, -0.05) is 30.3 Å². The van der Waals surface area contributed by atoms with E-state index in [0.717, 1.165) is 0 Å². The van der Waals surface area contributed by atoms with E-state index in [2.05, 4.69) is 9.79 Å². The predicted octanol–water partition coefficient (Wildman–Crippen LogP) is 2.53. The smallest absolute Gasteiger partial charge is 0.420 e. The second kappa shape index (κ2) is 17.3. The van der Waals surface area contributed by atoms with Gasteiger partial charge in [0.15, 0.2) is 18.7 Å². The lowest BCUT2D eigenvalue weighted by molar-refractivity contribution is -0.832. The van der Waals surface area contributed by atoms with Gasteiger partial charge >= 0.3 is 16.9 Å². The highest BCUT2D eigenvalue weighted by atomic mass is 35.5. The number of phenolic OH excluding ortho intramolecular Hbond substituents is 2. The van der Waals surface area contributed by atoms with Crippen molar-refractivity contribution in [1.29, 1.82) is 0 Å². The summed E-state index contributed by atoms with van der Waals surface area (Å²) in [4.78, 5) is 54.4. The molecule has 0 saturated carbocycles. The fraction of sp³-hybridized carbons (Fsp3) is 0.286. The summed E-state index contributed by atoms with van der Waals surface area (Å²) in [6.45, 7) is 0.502. The molecule has 6 atom stereocenters. The van der Waals surface area contributed by atoms with Gasteiger partial charge in [-0.05, 0) is 54.3 Å². The normalized spacial score (nSPS) is 22.6. The standard InChI is InChI=1S/C42H37N3O17S.ClH/c1-19-34(47)25(43)15-29(59-19)61-27-17-42(53,16-24-31(27)38(51)33-32(36(24)49)35(48)23-9-6-10-26(57-2)30(23)37(33)50)28(46)18-58-41(52)20-11-13-21(14-12-20)60-39-40(45(54)62-44-39)63(55,56)22-7-4-3-5-8-22;/h3-14,19,25,27,29,34,47,49,51,53H,15-18,43H2,1-2H3;1H/t19-,25-,27-,29-,34+,42-;/m0./s1. The molecule has 0 spiro atoms. The maximum atomic E-state index is 14.0. The number of aliphatic hydroxyl groups excluding tert-OH is 1. The molecule has 5 aromatic rings. The minimum absolute atomic E-state index is 0. The Labute approximate surface area is 368 Å². The third kappa shape index (κ3) is 7.80. The largest absolute Gasteiger partial charge is 0.507 e. The number of fused-ring (bicyclic) bond motifs is 3. The van der Waals surface area contributed by atoms with Gasteiger partial charge in [-0.15, -0.1) is 12.4 Å². The van der Waals surface area contributed by atoms with E-state index in [1.165, 1.54) is 80.8 Å². The Bertz CT molecular complexity index is 2790. The zero-order valence-electron chi connectivity index (χ0n) is 33.5. The first-order chi connectivity index (χ1) is 29.9. The Hall–Kier alpha value is -6.46. The number of hydrogen-bond donors (Lipinski definition) is 5. The number of methoxy groups -OCH3 is 1. The third-order valence-electron chi connectivity index (χ3n) is 11.2. The van der Waals surface area contributed by atoms with E-state index in [9.17, 15) is 53.2 Å². The van der Waals surface area contributed by atoms with Gasteiger partial charge in [0, 0.05) is 42.0 Å². The number of rotatable bonds is 11. The van der Waals surface area contributed by atoms with Crippen LogP contribution in [-0.2, 0) is 35.3 Å². The van der Waals surface area contributed by atoms with Crippen molar-refractivity contribution in [2.24, 2.45) is 5.73 Å². The summed E-state index contributed by atoms with van der Waals surface area (Å²) in [6.07, 6.45) is -6.09. The number of aromatic nitrogens is 2. The van der Waals surface area contributed by atoms with Crippen LogP contribution < -0.4 is 20.1 Å². The van der Waals surface area contributed by atoms with Gasteiger partial charge in [-0.25, -0.2) is 13.2 Å². The molecule has 8 rings (SSSR count). The molecule has 3 aliphatic rings. The van der Waals surface area contributed by atoms with Crippen LogP contribution in [0.15, 0.2) is 87.3 Å². The molecule has 0 bridgehead atoms. The molecule has 0 radical (unpaired) electrons. The number of Topliss-reactive ketones (excluding diaryl/α,β-unsaturated/α-hetero) is 1. The van der Waals surface area contributed by atoms with Crippen molar-refractivity contribution in [2.45, 2.75) is 72.4 Å². The lowest BCUT2D eigenvalue weighted by Gasteiger charge is -2.42. The van der Waals surface area contributed by atoms with Crippen molar-refractivity contribution in [2.75, 3.05) is 13.7 Å². The van der Waals surface area contributed by atoms with Gasteiger partial charge in [0.25, 0.3) is 9.84 Å². The van der Waals surface area contributed by atoms with Crippen LogP contribution in [0.25, 0.3) is 0 Å². The molecule has 1 fully saturated rings. The molecule has 1 aliphatic heterocycles. The molecule has 22 heteroatoms. The second-order valence-electron chi connectivity index (χ2n) is 15.1. The Kier molecular flexibility index (Phi) is 12.3. The van der Waals surface area contributed by atoms with Crippen LogP contribution in [-0.4, -0.2) is 101 Å². The average Bonchev–Trinajstić information content (AvgIpc) is 3.64. The van der Waals surface area contributed by atoms with Crippen LogP contribution >= 0.6 is 12.4 Å². The molecule has 0 unspecified atom stereocenters. The maximum absolute atomic E-state index is 14.0. The van der Waals surface area contributed by atoms with Gasteiger partial charge < -0.3 is 55.1 Å². The van der Waals surface area contributed by atoms with Crippen LogP contribution in [0, 0.1) is 5.21 Å². The number of nitrogens with zero attached hydrogens (tertiary/aromatic N) is 2. The zero-order valence-corrected chi connectivity index (χ0v) is 35.2. The number of esters is 1. The summed E-state index contributed by atoms with van der Waals surface area (Å²) in [6, 6.07) is 15.2. The van der Waals surface area contributed by atoms with Gasteiger partial charge in [0.2, 0.25) is 11.6 Å². The first kappa shape index (κ1) is 45.6. The molecule has 1 aromatic heterocycles. The topological polar surface area (TPSA) is 308 Å². The third-order valence-corrected chi connectivity index (χ3v) is 12.9. The molecular weight excluding hydrogens is 886 g/mol. The van der Waals surface area contributed by atoms with E-state index in [4.69, 9.17) is 29.4 Å². The van der Waals surface area contributed by atoms with Gasteiger partial charge in [0.1, 0.15) is 28.6 Å². The predicted molar refractivity (Wildman–Crippen MR) is 216 cm³/mol. The molecule has 2 aliphatic carbocycles. The molecule has 0 amide bonds. The monoisotopic (exact) mass is 923 g/mol. The number of nitrogens with two attached hydrogens (primary N) is 1. The van der Waals surface area contributed by atoms with E-state index in [-0.39, 0.29) is 67.9 Å². The van der Waals surface area contributed by atoms with E-state index in [1.807, 2.05) is 0 Å². The first-order valence-electron chi connectivity index (χ1n) is 19.2. The maximum Gasteiger partial charge on any atom is 0.420 e. The number of carbonyl (C=O) groups excluding carboxylic acids is 4. The number of aromatic hydroxyl groups is 2. The fourth-order valence-corrected chi connectivity index (χ4v) is 9.21. The van der Waals surface area contributed by atoms with E-state index in [1.54, 1.807) is 6.07 Å². The highest BCUT2D eigenvalue weighted by molar-refractivity contribution is 7.91. The molecule has 336 valence electrons. The van der Waals surface area contributed by atoms with Crippen molar-refractivity contribution in [1.82, 2.24) is 5.16 Å². The highest BCUT2D eigenvalue weighted by Gasteiger charge is 2.50. The molecule has 1 saturated heterocycles. The number of ketones is 3. The van der Waals surface area contributed by atoms with Crippen LogP contribution in [0.5, 0.6) is 28.9 Å². The van der Waals surface area contributed by atoms with Gasteiger partial charge in [-0.3, -0.25) is 19.0 Å². The lowest BCUT2D eigenvalue weighted by Crippen LogP contribution is -2.53. The minimum atomic E-state index is -4.43. The number of hydrogen-bond acceptors (Lipinski definition) is 19. The Morgan fingerprint density at radius 3 is 2.34 bits per heavy atom. The van der Waals surface area contributed by atoms with E-state index in [0.29, 0.717) is 0 Å². The molecule has 2 heterocycles. The van der Waals surface area contributed by atoms with Crippen LogP contribution in [0.1, 0.15) is 79.2 Å². The zero-order chi connectivity index (χ0) is 45.1. The Balaban J connectivity index is 0.00000612. The van der Waals surface area contributed by atoms with Crippen LogP contribution in [0.3, 0.4) is 0 Å². The summed E-state index contributed by atoms with van der Waals surface area (Å²) in [7, 11) is -3.15. The summed E-state index contributed by atoms with van der Waals surface area (Å²) in [5.74, 6) is -6.15. The Morgan fingerprint density at radius 1 is 0.984 bits per heavy atom.